The van der Waals surface area contributed by atoms with Crippen molar-refractivity contribution in [1.29, 1.82) is 0 Å². The highest BCUT2D eigenvalue weighted by atomic mass is 32.1. The van der Waals surface area contributed by atoms with E-state index >= 15 is 0 Å². The van der Waals surface area contributed by atoms with E-state index in [9.17, 15) is 29.4 Å². The largest absolute Gasteiger partial charge is 0.508 e. The molecule has 0 aliphatic heterocycles. The van der Waals surface area contributed by atoms with Crippen molar-refractivity contribution in [3.8, 4) is 5.75 Å². The Balaban J connectivity index is 1.67. The summed E-state index contributed by atoms with van der Waals surface area (Å²) in [6.45, 7) is 0. The SMILES string of the molecule is NC(Cc1ccc(O)cc1)C(=O)NC(Cc1cnc[nH]1)C(=O)NC(CS)C(=O)NC(Cc1ccccc1)C(=O)O. The predicted octanol–water partition coefficient (Wildman–Crippen LogP) is -0.0607. The Kier molecular flexibility index (Phi) is 11.1. The highest BCUT2D eigenvalue weighted by molar-refractivity contribution is 7.80. The van der Waals surface area contributed by atoms with Crippen molar-refractivity contribution >= 4 is 36.3 Å². The van der Waals surface area contributed by atoms with Crippen molar-refractivity contribution in [2.75, 3.05) is 5.75 Å². The molecule has 0 aliphatic carbocycles. The number of phenolic OH excluding ortho intramolecular Hbond substituents is 1. The molecule has 3 aromatic rings. The minimum absolute atomic E-state index is 0.0240. The number of thiol groups is 1. The van der Waals surface area contributed by atoms with Gasteiger partial charge in [-0.25, -0.2) is 9.78 Å². The van der Waals surface area contributed by atoms with Crippen molar-refractivity contribution in [1.82, 2.24) is 25.9 Å². The summed E-state index contributed by atoms with van der Waals surface area (Å²) < 4.78 is 0. The van der Waals surface area contributed by atoms with E-state index in [1.807, 2.05) is 0 Å². The number of aliphatic carboxylic acids is 1. The van der Waals surface area contributed by atoms with Crippen LogP contribution in [0.5, 0.6) is 5.75 Å². The molecule has 0 bridgehead atoms. The van der Waals surface area contributed by atoms with Crippen LogP contribution in [0.4, 0.5) is 0 Å². The van der Waals surface area contributed by atoms with E-state index in [0.717, 1.165) is 0 Å². The Morgan fingerprint density at radius 1 is 0.825 bits per heavy atom. The van der Waals surface area contributed by atoms with Crippen LogP contribution in [0.15, 0.2) is 67.1 Å². The molecule has 3 rings (SSSR count). The lowest BCUT2D eigenvalue weighted by Gasteiger charge is -2.24. The summed E-state index contributed by atoms with van der Waals surface area (Å²) in [4.78, 5) is 57.6. The van der Waals surface area contributed by atoms with Crippen LogP contribution in [-0.4, -0.2) is 73.8 Å². The molecule has 40 heavy (non-hydrogen) atoms. The fourth-order valence-electron chi connectivity index (χ4n) is 3.87. The van der Waals surface area contributed by atoms with Gasteiger partial charge in [0.05, 0.1) is 12.4 Å². The second kappa shape index (κ2) is 14.7. The van der Waals surface area contributed by atoms with Gasteiger partial charge in [-0.3, -0.25) is 14.4 Å². The van der Waals surface area contributed by atoms with Gasteiger partial charge in [0.15, 0.2) is 0 Å². The summed E-state index contributed by atoms with van der Waals surface area (Å²) in [6.07, 6.45) is 3.14. The van der Waals surface area contributed by atoms with Crippen LogP contribution in [0.25, 0.3) is 0 Å². The van der Waals surface area contributed by atoms with Gasteiger partial charge in [-0.1, -0.05) is 42.5 Å². The van der Waals surface area contributed by atoms with Gasteiger partial charge in [0, 0.05) is 30.5 Å². The number of carbonyl (C=O) groups excluding carboxylic acids is 3. The fourth-order valence-corrected chi connectivity index (χ4v) is 4.13. The van der Waals surface area contributed by atoms with Crippen molar-refractivity contribution in [3.05, 3.63) is 83.9 Å². The summed E-state index contributed by atoms with van der Waals surface area (Å²) in [5.74, 6) is -3.30. The van der Waals surface area contributed by atoms with E-state index in [1.165, 1.54) is 24.7 Å². The third-order valence-electron chi connectivity index (χ3n) is 6.05. The van der Waals surface area contributed by atoms with Crippen molar-refractivity contribution < 1.29 is 29.4 Å². The average Bonchev–Trinajstić information content (AvgIpc) is 3.45. The van der Waals surface area contributed by atoms with Crippen LogP contribution in [0.3, 0.4) is 0 Å². The summed E-state index contributed by atoms with van der Waals surface area (Å²) >= 11 is 4.16. The van der Waals surface area contributed by atoms with Gasteiger partial charge < -0.3 is 36.9 Å². The summed E-state index contributed by atoms with van der Waals surface area (Å²) in [5, 5.41) is 26.7. The minimum atomic E-state index is -1.23. The van der Waals surface area contributed by atoms with Gasteiger partial charge in [0.25, 0.3) is 0 Å². The second-order valence-corrected chi connectivity index (χ2v) is 9.52. The molecule has 0 saturated heterocycles. The van der Waals surface area contributed by atoms with Crippen LogP contribution in [0.1, 0.15) is 16.8 Å². The first-order valence-electron chi connectivity index (χ1n) is 12.5. The number of aromatic hydroxyl groups is 1. The van der Waals surface area contributed by atoms with E-state index in [4.69, 9.17) is 5.73 Å². The number of hydrogen-bond acceptors (Lipinski definition) is 8. The number of hydrogen-bond donors (Lipinski definition) is 8. The second-order valence-electron chi connectivity index (χ2n) is 9.15. The van der Waals surface area contributed by atoms with Crippen molar-refractivity contribution in [2.45, 2.75) is 43.4 Å². The van der Waals surface area contributed by atoms with Crippen molar-refractivity contribution in [3.63, 3.8) is 0 Å². The smallest absolute Gasteiger partial charge is 0.326 e. The first kappa shape index (κ1) is 30.2. The number of amides is 3. The van der Waals surface area contributed by atoms with Gasteiger partial charge in [-0.15, -0.1) is 0 Å². The molecular formula is C27H32N6O6S. The van der Waals surface area contributed by atoms with Crippen molar-refractivity contribution in [2.24, 2.45) is 5.73 Å². The van der Waals surface area contributed by atoms with E-state index < -0.39 is 47.9 Å². The highest BCUT2D eigenvalue weighted by Gasteiger charge is 2.30. The standard InChI is InChI=1S/C27H32N6O6S/c28-20(10-17-6-8-19(34)9-7-17)24(35)31-21(12-18-13-29-15-30-18)25(36)33-23(14-40)26(37)32-22(27(38)39)11-16-4-2-1-3-5-16/h1-9,13,15,20-23,34,40H,10-12,14,28H2,(H,29,30)(H,31,35)(H,32,37)(H,33,36)(H,38,39). The molecule has 0 spiro atoms. The van der Waals surface area contributed by atoms with E-state index in [1.54, 1.807) is 42.5 Å². The maximum atomic E-state index is 13.2. The highest BCUT2D eigenvalue weighted by Crippen LogP contribution is 2.11. The number of nitrogens with one attached hydrogen (secondary N) is 4. The molecule has 2 aromatic carbocycles. The van der Waals surface area contributed by atoms with Crippen LogP contribution >= 0.6 is 12.6 Å². The summed E-state index contributed by atoms with van der Waals surface area (Å²) in [6, 6.07) is 10.5. The number of carboxylic acid groups (broad SMARTS) is 1. The zero-order valence-corrected chi connectivity index (χ0v) is 22.4. The Hall–Kier alpha value is -4.36. The quantitative estimate of drug-likeness (QED) is 0.124. The number of carbonyl (C=O) groups is 4. The number of nitrogens with zero attached hydrogens (tertiary/aromatic N) is 1. The average molecular weight is 569 g/mol. The number of aromatic nitrogens is 2. The molecule has 0 radical (unpaired) electrons. The molecule has 1 heterocycles. The van der Waals surface area contributed by atoms with Gasteiger partial charge in [0.1, 0.15) is 23.9 Å². The molecule has 3 amide bonds. The number of imidazole rings is 1. The molecule has 13 heteroatoms. The van der Waals surface area contributed by atoms with Gasteiger partial charge in [-0.05, 0) is 29.7 Å². The lowest BCUT2D eigenvalue weighted by atomic mass is 10.0. The van der Waals surface area contributed by atoms with E-state index in [-0.39, 0.29) is 30.8 Å². The molecule has 4 atom stereocenters. The first-order chi connectivity index (χ1) is 19.2. The van der Waals surface area contributed by atoms with Crippen LogP contribution in [0, 0.1) is 0 Å². The lowest BCUT2D eigenvalue weighted by Crippen LogP contribution is -2.58. The molecule has 212 valence electrons. The topological polar surface area (TPSA) is 200 Å². The van der Waals surface area contributed by atoms with Gasteiger partial charge in [0.2, 0.25) is 17.7 Å². The van der Waals surface area contributed by atoms with Gasteiger partial charge >= 0.3 is 5.97 Å². The van der Waals surface area contributed by atoms with Crippen LogP contribution in [0.2, 0.25) is 0 Å². The molecular weight excluding hydrogens is 536 g/mol. The third-order valence-corrected chi connectivity index (χ3v) is 6.42. The molecule has 0 fully saturated rings. The maximum Gasteiger partial charge on any atom is 0.326 e. The zero-order chi connectivity index (χ0) is 29.1. The number of H-pyrrole nitrogens is 1. The number of rotatable bonds is 14. The number of phenols is 1. The van der Waals surface area contributed by atoms with Crippen LogP contribution in [-0.2, 0) is 38.4 Å². The lowest BCUT2D eigenvalue weighted by molar-refractivity contribution is -0.142. The molecule has 12 nitrogen and oxygen atoms in total. The Morgan fingerprint density at radius 2 is 1.43 bits per heavy atom. The molecule has 0 aliphatic rings. The minimum Gasteiger partial charge on any atom is -0.508 e. The number of aromatic amines is 1. The Morgan fingerprint density at radius 3 is 2.02 bits per heavy atom. The number of benzene rings is 2. The van der Waals surface area contributed by atoms with E-state index in [0.29, 0.717) is 16.8 Å². The summed E-state index contributed by atoms with van der Waals surface area (Å²) in [5.41, 5.74) is 8.05. The monoisotopic (exact) mass is 568 g/mol. The number of nitrogens with two attached hydrogens (primary N) is 1. The number of carboxylic acids is 1. The first-order valence-corrected chi connectivity index (χ1v) is 13.1. The molecule has 8 N–H and O–H groups in total. The third kappa shape index (κ3) is 9.13. The molecule has 4 unspecified atom stereocenters. The normalized spacial score (nSPS) is 13.8. The molecule has 0 saturated carbocycles. The zero-order valence-electron chi connectivity index (χ0n) is 21.5. The fraction of sp³-hybridized carbons (Fsp3) is 0.296. The van der Waals surface area contributed by atoms with Gasteiger partial charge in [-0.2, -0.15) is 12.6 Å². The predicted molar refractivity (Wildman–Crippen MR) is 150 cm³/mol. The molecule has 1 aromatic heterocycles. The summed E-state index contributed by atoms with van der Waals surface area (Å²) in [7, 11) is 0. The van der Waals surface area contributed by atoms with Crippen LogP contribution < -0.4 is 21.7 Å². The Bertz CT molecular complexity index is 1270. The Labute approximate surface area is 236 Å². The maximum absolute atomic E-state index is 13.2. The van der Waals surface area contributed by atoms with E-state index in [2.05, 4.69) is 38.5 Å².